The zero-order valence-electron chi connectivity index (χ0n) is 31.1. The molecule has 0 N–H and O–H groups in total. The van der Waals surface area contributed by atoms with Gasteiger partial charge in [-0.1, -0.05) is 67.3 Å². The van der Waals surface area contributed by atoms with E-state index in [2.05, 4.69) is 11.6 Å². The molecule has 3 aromatic heterocycles. The van der Waals surface area contributed by atoms with Gasteiger partial charge in [0.1, 0.15) is 40.8 Å². The van der Waals surface area contributed by atoms with E-state index in [9.17, 15) is 8.78 Å². The molecule has 0 bridgehead atoms. The van der Waals surface area contributed by atoms with E-state index in [1.165, 1.54) is 42.5 Å². The highest BCUT2D eigenvalue weighted by molar-refractivity contribution is 5.88. The van der Waals surface area contributed by atoms with Gasteiger partial charge in [-0.15, -0.1) is 0 Å². The van der Waals surface area contributed by atoms with Gasteiger partial charge in [-0.2, -0.15) is 0 Å². The first-order valence-electron chi connectivity index (χ1n) is 18.6. The maximum absolute atomic E-state index is 15.7. The van der Waals surface area contributed by atoms with Crippen LogP contribution in [-0.4, -0.2) is 34.1 Å². The summed E-state index contributed by atoms with van der Waals surface area (Å²) in [5, 5.41) is 0. The number of imidazole rings is 2. The molecule has 0 atom stereocenters. The van der Waals surface area contributed by atoms with Crippen molar-refractivity contribution >= 4 is 22.1 Å². The van der Waals surface area contributed by atoms with Crippen LogP contribution in [-0.2, 0) is 6.42 Å². The van der Waals surface area contributed by atoms with Crippen molar-refractivity contribution in [1.29, 1.82) is 0 Å². The summed E-state index contributed by atoms with van der Waals surface area (Å²) in [5.74, 6) is -0.215. The highest BCUT2D eigenvalue weighted by Crippen LogP contribution is 2.37. The zero-order valence-corrected chi connectivity index (χ0v) is 31.1. The molecular weight excluding hydrogens is 751 g/mol. The van der Waals surface area contributed by atoms with Crippen LogP contribution in [0.15, 0.2) is 176 Å². The molecule has 0 saturated heterocycles. The molecule has 0 aliphatic rings. The van der Waals surface area contributed by atoms with Crippen molar-refractivity contribution in [3.05, 3.63) is 200 Å². The third kappa shape index (κ3) is 7.21. The van der Waals surface area contributed by atoms with Gasteiger partial charge in [-0.05, 0) is 103 Å². The Kier molecular flexibility index (Phi) is 9.75. The quantitative estimate of drug-likeness (QED) is 0.102. The first-order chi connectivity index (χ1) is 28.8. The Morgan fingerprint density at radius 2 is 1.03 bits per heavy atom. The Labute approximate surface area is 335 Å². The van der Waals surface area contributed by atoms with Crippen LogP contribution in [0, 0.1) is 17.5 Å². The van der Waals surface area contributed by atoms with Gasteiger partial charge in [0, 0.05) is 28.7 Å². The number of halogens is 4. The van der Waals surface area contributed by atoms with Gasteiger partial charge < -0.3 is 0 Å². The summed E-state index contributed by atoms with van der Waals surface area (Å²) in [5.41, 5.74) is 5.27. The number of aromatic nitrogens is 7. The van der Waals surface area contributed by atoms with Gasteiger partial charge in [0.05, 0.1) is 33.4 Å². The van der Waals surface area contributed by atoms with Gasteiger partial charge in [-0.25, -0.2) is 42.5 Å². The molecular formula is C48H31F4N7. The molecule has 9 rings (SSSR count). The SMILES string of the molecule is C=C/C=C(F)\C=C/Cc1nc(-c2ccc(F)cc2)nc(-c2cc(-c3nc4ccccc4n3-c3ccccc3F)cc(-c3nc4ccccc4n3-c3ccccc3F)c2)n1. The number of allylic oxidation sites excluding steroid dienone is 5. The molecule has 0 aliphatic heterocycles. The monoisotopic (exact) mass is 781 g/mol. The Balaban J connectivity index is 1.33. The highest BCUT2D eigenvalue weighted by Gasteiger charge is 2.23. The van der Waals surface area contributed by atoms with Crippen LogP contribution in [0.2, 0.25) is 0 Å². The molecule has 6 aromatic carbocycles. The lowest BCUT2D eigenvalue weighted by Crippen LogP contribution is -2.05. The lowest BCUT2D eigenvalue weighted by atomic mass is 10.0. The summed E-state index contributed by atoms with van der Waals surface area (Å²) in [7, 11) is 0. The fraction of sp³-hybridized carbons (Fsp3) is 0.0208. The number of nitrogens with zero attached hydrogens (tertiary/aromatic N) is 7. The number of benzene rings is 6. The average molecular weight is 782 g/mol. The van der Waals surface area contributed by atoms with Gasteiger partial charge in [-0.3, -0.25) is 9.13 Å². The lowest BCUT2D eigenvalue weighted by Gasteiger charge is -2.15. The van der Waals surface area contributed by atoms with Crippen molar-refractivity contribution in [2.75, 3.05) is 0 Å². The largest absolute Gasteiger partial charge is 0.289 e. The Morgan fingerprint density at radius 3 is 1.58 bits per heavy atom. The van der Waals surface area contributed by atoms with Gasteiger partial charge >= 0.3 is 0 Å². The summed E-state index contributed by atoms with van der Waals surface area (Å²) in [6, 6.07) is 39.1. The second-order valence-electron chi connectivity index (χ2n) is 13.5. The van der Waals surface area contributed by atoms with E-state index in [1.54, 1.807) is 63.7 Å². The lowest BCUT2D eigenvalue weighted by molar-refractivity contribution is 0.619. The van der Waals surface area contributed by atoms with Gasteiger partial charge in [0.2, 0.25) is 0 Å². The molecule has 0 unspecified atom stereocenters. The van der Waals surface area contributed by atoms with Crippen LogP contribution < -0.4 is 0 Å². The van der Waals surface area contributed by atoms with Crippen molar-refractivity contribution in [1.82, 2.24) is 34.1 Å². The van der Waals surface area contributed by atoms with E-state index < -0.39 is 23.3 Å². The third-order valence-corrected chi connectivity index (χ3v) is 9.65. The second-order valence-corrected chi connectivity index (χ2v) is 13.5. The van der Waals surface area contributed by atoms with E-state index in [0.29, 0.717) is 61.8 Å². The Hall–Kier alpha value is -7.79. The minimum Gasteiger partial charge on any atom is -0.289 e. The first-order valence-corrected chi connectivity index (χ1v) is 18.6. The highest BCUT2D eigenvalue weighted by atomic mass is 19.1. The Bertz CT molecular complexity index is 2970. The number of hydrogen-bond acceptors (Lipinski definition) is 5. The fourth-order valence-corrected chi connectivity index (χ4v) is 7.02. The molecule has 0 fully saturated rings. The molecule has 0 spiro atoms. The van der Waals surface area contributed by atoms with Crippen LogP contribution in [0.3, 0.4) is 0 Å². The zero-order chi connectivity index (χ0) is 40.5. The van der Waals surface area contributed by atoms with E-state index in [0.717, 1.165) is 0 Å². The summed E-state index contributed by atoms with van der Waals surface area (Å²) in [6.45, 7) is 3.54. The van der Waals surface area contributed by atoms with E-state index in [4.69, 9.17) is 19.9 Å². The average Bonchev–Trinajstić information content (AvgIpc) is 3.84. The fourth-order valence-electron chi connectivity index (χ4n) is 7.02. The molecule has 11 heteroatoms. The third-order valence-electron chi connectivity index (χ3n) is 9.65. The molecule has 0 aliphatic carbocycles. The number of para-hydroxylation sites is 6. The predicted molar refractivity (Wildman–Crippen MR) is 223 cm³/mol. The topological polar surface area (TPSA) is 74.3 Å². The van der Waals surface area contributed by atoms with E-state index >= 15 is 8.78 Å². The van der Waals surface area contributed by atoms with Gasteiger partial charge in [0.25, 0.3) is 0 Å². The van der Waals surface area contributed by atoms with Crippen LogP contribution in [0.5, 0.6) is 0 Å². The van der Waals surface area contributed by atoms with Gasteiger partial charge in [0.15, 0.2) is 11.6 Å². The van der Waals surface area contributed by atoms with Crippen molar-refractivity contribution < 1.29 is 17.6 Å². The molecule has 9 aromatic rings. The van der Waals surface area contributed by atoms with E-state index in [-0.39, 0.29) is 29.4 Å². The number of fused-ring (bicyclic) bond motifs is 2. The van der Waals surface area contributed by atoms with Crippen LogP contribution in [0.4, 0.5) is 17.6 Å². The van der Waals surface area contributed by atoms with Crippen LogP contribution >= 0.6 is 0 Å². The summed E-state index contributed by atoms with van der Waals surface area (Å²) in [6.07, 6.45) is 5.58. The standard InChI is InChI=1S/C48H31F4N7/c1-2-12-34(49)13-11-22-44-55-45(30-23-25-35(50)26-24-30)57-46(56-44)31-27-32(47-53-38-16-5-9-20-42(38)58(47)40-18-7-3-14-36(40)51)29-33(28-31)48-54-39-17-6-10-21-43(39)59(48)41-19-8-4-15-37(41)52/h2-21,23-29H,1,22H2/b13-11-,34-12+. The van der Waals surface area contributed by atoms with Crippen LogP contribution in [0.1, 0.15) is 5.82 Å². The normalized spacial score (nSPS) is 11.9. The predicted octanol–water partition coefficient (Wildman–Crippen LogP) is 11.8. The Morgan fingerprint density at radius 1 is 0.542 bits per heavy atom. The first kappa shape index (κ1) is 36.8. The summed E-state index contributed by atoms with van der Waals surface area (Å²) in [4.78, 5) is 24.5. The number of rotatable bonds is 10. The molecule has 0 radical (unpaired) electrons. The molecule has 0 saturated carbocycles. The molecule has 3 heterocycles. The van der Waals surface area contributed by atoms with Crippen molar-refractivity contribution in [2.24, 2.45) is 0 Å². The second kappa shape index (κ2) is 15.6. The minimum atomic E-state index is -0.499. The summed E-state index contributed by atoms with van der Waals surface area (Å²) >= 11 is 0. The maximum Gasteiger partial charge on any atom is 0.163 e. The molecule has 7 nitrogen and oxygen atoms in total. The van der Waals surface area contributed by atoms with Crippen molar-refractivity contribution in [3.8, 4) is 56.9 Å². The maximum atomic E-state index is 15.7. The number of hydrogen-bond donors (Lipinski definition) is 0. The molecule has 59 heavy (non-hydrogen) atoms. The molecule has 0 amide bonds. The summed E-state index contributed by atoms with van der Waals surface area (Å²) < 4.78 is 63.4. The van der Waals surface area contributed by atoms with Crippen molar-refractivity contribution in [2.45, 2.75) is 6.42 Å². The van der Waals surface area contributed by atoms with Crippen LogP contribution in [0.25, 0.3) is 79.0 Å². The molecule has 286 valence electrons. The van der Waals surface area contributed by atoms with Crippen molar-refractivity contribution in [3.63, 3.8) is 0 Å². The minimum absolute atomic E-state index is 0.126. The van der Waals surface area contributed by atoms with E-state index in [1.807, 2.05) is 66.7 Å². The smallest absolute Gasteiger partial charge is 0.163 e.